The summed E-state index contributed by atoms with van der Waals surface area (Å²) in [7, 11) is 1.98. The summed E-state index contributed by atoms with van der Waals surface area (Å²) < 4.78 is 5.46. The Labute approximate surface area is 120 Å². The van der Waals surface area contributed by atoms with Gasteiger partial charge < -0.3 is 10.1 Å². The standard InChI is InChI=1S/C15H23N3O2/c1-18(10-14-5-3-7-20-12-14)11-15(19)17-9-13-4-2-6-16-8-13/h2,4,6,8,14H,3,5,7,9-12H2,1H3,(H,17,19). The van der Waals surface area contributed by atoms with Crippen LogP contribution < -0.4 is 5.32 Å². The van der Waals surface area contributed by atoms with Crippen molar-refractivity contribution in [1.82, 2.24) is 15.2 Å². The van der Waals surface area contributed by atoms with Gasteiger partial charge >= 0.3 is 0 Å². The number of nitrogens with zero attached hydrogens (tertiary/aromatic N) is 2. The number of ether oxygens (including phenoxy) is 1. The largest absolute Gasteiger partial charge is 0.381 e. The van der Waals surface area contributed by atoms with Gasteiger partial charge in [0.25, 0.3) is 0 Å². The number of likely N-dealkylation sites (N-methyl/N-ethyl adjacent to an activating group) is 1. The normalized spacial score (nSPS) is 19.0. The fourth-order valence-electron chi connectivity index (χ4n) is 2.46. The van der Waals surface area contributed by atoms with Crippen molar-refractivity contribution in [1.29, 1.82) is 0 Å². The van der Waals surface area contributed by atoms with Gasteiger partial charge in [0.15, 0.2) is 0 Å². The minimum absolute atomic E-state index is 0.0491. The Morgan fingerprint density at radius 3 is 3.20 bits per heavy atom. The predicted molar refractivity (Wildman–Crippen MR) is 77.1 cm³/mol. The molecule has 1 N–H and O–H groups in total. The van der Waals surface area contributed by atoms with Gasteiger partial charge in [0.05, 0.1) is 13.2 Å². The van der Waals surface area contributed by atoms with E-state index in [-0.39, 0.29) is 5.91 Å². The van der Waals surface area contributed by atoms with Crippen LogP contribution in [0.2, 0.25) is 0 Å². The number of carbonyl (C=O) groups is 1. The SMILES string of the molecule is CN(CC(=O)NCc1cccnc1)CC1CCCOC1. The van der Waals surface area contributed by atoms with Crippen LogP contribution in [0.25, 0.3) is 0 Å². The van der Waals surface area contributed by atoms with E-state index >= 15 is 0 Å². The lowest BCUT2D eigenvalue weighted by atomic mass is 10.0. The molecule has 1 atom stereocenters. The summed E-state index contributed by atoms with van der Waals surface area (Å²) in [6.45, 7) is 3.58. The van der Waals surface area contributed by atoms with Crippen LogP contribution in [0.3, 0.4) is 0 Å². The first-order valence-electron chi connectivity index (χ1n) is 7.16. The molecule has 0 spiro atoms. The van der Waals surface area contributed by atoms with Gasteiger partial charge in [0.1, 0.15) is 0 Å². The van der Waals surface area contributed by atoms with Gasteiger partial charge in [-0.3, -0.25) is 14.7 Å². The van der Waals surface area contributed by atoms with Gasteiger partial charge in [-0.05, 0) is 37.4 Å². The molecule has 0 aliphatic carbocycles. The highest BCUT2D eigenvalue weighted by molar-refractivity contribution is 5.77. The lowest BCUT2D eigenvalue weighted by Gasteiger charge is -2.26. The maximum absolute atomic E-state index is 11.9. The molecule has 0 saturated carbocycles. The molecule has 2 rings (SSSR count). The third-order valence-corrected chi connectivity index (χ3v) is 3.45. The molecule has 1 fully saturated rings. The van der Waals surface area contributed by atoms with Crippen molar-refractivity contribution in [2.45, 2.75) is 19.4 Å². The van der Waals surface area contributed by atoms with E-state index in [2.05, 4.69) is 15.2 Å². The smallest absolute Gasteiger partial charge is 0.234 e. The van der Waals surface area contributed by atoms with Crippen molar-refractivity contribution >= 4 is 5.91 Å². The van der Waals surface area contributed by atoms with Crippen molar-refractivity contribution in [2.75, 3.05) is 33.4 Å². The van der Waals surface area contributed by atoms with Crippen LogP contribution in [-0.2, 0) is 16.1 Å². The summed E-state index contributed by atoms with van der Waals surface area (Å²) >= 11 is 0. The van der Waals surface area contributed by atoms with Gasteiger partial charge in [0, 0.05) is 32.1 Å². The van der Waals surface area contributed by atoms with Gasteiger partial charge in [-0.15, -0.1) is 0 Å². The minimum atomic E-state index is 0.0491. The van der Waals surface area contributed by atoms with Crippen LogP contribution in [-0.4, -0.2) is 49.1 Å². The molecule has 0 aromatic carbocycles. The zero-order chi connectivity index (χ0) is 14.2. The zero-order valence-corrected chi connectivity index (χ0v) is 12.0. The van der Waals surface area contributed by atoms with Crippen molar-refractivity contribution in [2.24, 2.45) is 5.92 Å². The third kappa shape index (κ3) is 5.27. The van der Waals surface area contributed by atoms with Gasteiger partial charge in [0.2, 0.25) is 5.91 Å². The van der Waals surface area contributed by atoms with Crippen LogP contribution in [0, 0.1) is 5.92 Å². The Morgan fingerprint density at radius 2 is 2.50 bits per heavy atom. The number of carbonyl (C=O) groups excluding carboxylic acids is 1. The summed E-state index contributed by atoms with van der Waals surface area (Å²) in [5, 5.41) is 2.92. The second kappa shape index (κ2) is 7.97. The van der Waals surface area contributed by atoms with Crippen molar-refractivity contribution in [3.8, 4) is 0 Å². The Bertz CT molecular complexity index is 405. The second-order valence-corrected chi connectivity index (χ2v) is 5.42. The molecule has 2 heterocycles. The summed E-state index contributed by atoms with van der Waals surface area (Å²) in [6.07, 6.45) is 5.82. The number of rotatable bonds is 6. The quantitative estimate of drug-likeness (QED) is 0.844. The average Bonchev–Trinajstić information content (AvgIpc) is 2.47. The van der Waals surface area contributed by atoms with E-state index < -0.39 is 0 Å². The lowest BCUT2D eigenvalue weighted by molar-refractivity contribution is -0.122. The fraction of sp³-hybridized carbons (Fsp3) is 0.600. The number of amides is 1. The summed E-state index contributed by atoms with van der Waals surface area (Å²) in [5.41, 5.74) is 1.02. The molecule has 1 amide bonds. The Morgan fingerprint density at radius 1 is 1.60 bits per heavy atom. The van der Waals surface area contributed by atoms with E-state index in [0.717, 1.165) is 31.7 Å². The maximum Gasteiger partial charge on any atom is 0.234 e. The monoisotopic (exact) mass is 277 g/mol. The average molecular weight is 277 g/mol. The highest BCUT2D eigenvalue weighted by Crippen LogP contribution is 2.14. The molecular formula is C15H23N3O2. The first-order valence-corrected chi connectivity index (χ1v) is 7.16. The second-order valence-electron chi connectivity index (χ2n) is 5.42. The van der Waals surface area contributed by atoms with Gasteiger partial charge in [-0.25, -0.2) is 0 Å². The van der Waals surface area contributed by atoms with Crippen LogP contribution in [0.4, 0.5) is 0 Å². The molecule has 5 heteroatoms. The van der Waals surface area contributed by atoms with Crippen molar-refractivity contribution in [3.63, 3.8) is 0 Å². The lowest BCUT2D eigenvalue weighted by Crippen LogP contribution is -2.38. The topological polar surface area (TPSA) is 54.5 Å². The number of pyridine rings is 1. The molecule has 1 aliphatic rings. The molecule has 1 aromatic rings. The van der Waals surface area contributed by atoms with Crippen molar-refractivity contribution < 1.29 is 9.53 Å². The number of hydrogen-bond donors (Lipinski definition) is 1. The molecule has 0 radical (unpaired) electrons. The van der Waals surface area contributed by atoms with E-state index in [1.165, 1.54) is 6.42 Å². The summed E-state index contributed by atoms with van der Waals surface area (Å²) in [4.78, 5) is 18.0. The minimum Gasteiger partial charge on any atom is -0.381 e. The Balaban J connectivity index is 1.65. The van der Waals surface area contributed by atoms with Gasteiger partial charge in [-0.1, -0.05) is 6.07 Å². The fourth-order valence-corrected chi connectivity index (χ4v) is 2.46. The van der Waals surface area contributed by atoms with Crippen LogP contribution in [0.15, 0.2) is 24.5 Å². The van der Waals surface area contributed by atoms with Crippen LogP contribution in [0.1, 0.15) is 18.4 Å². The molecule has 110 valence electrons. The summed E-state index contributed by atoms with van der Waals surface area (Å²) in [5.74, 6) is 0.605. The molecule has 1 saturated heterocycles. The highest BCUT2D eigenvalue weighted by Gasteiger charge is 2.17. The molecule has 5 nitrogen and oxygen atoms in total. The zero-order valence-electron chi connectivity index (χ0n) is 12.0. The first kappa shape index (κ1) is 14.9. The highest BCUT2D eigenvalue weighted by atomic mass is 16.5. The van der Waals surface area contributed by atoms with E-state index in [1.807, 2.05) is 19.2 Å². The summed E-state index contributed by atoms with van der Waals surface area (Å²) in [6, 6.07) is 3.83. The maximum atomic E-state index is 11.9. The molecular weight excluding hydrogens is 254 g/mol. The first-order chi connectivity index (χ1) is 9.74. The number of aromatic nitrogens is 1. The van der Waals surface area contributed by atoms with E-state index in [9.17, 15) is 4.79 Å². The molecule has 1 unspecified atom stereocenters. The predicted octanol–water partition coefficient (Wildman–Crippen LogP) is 1.06. The molecule has 1 aromatic heterocycles. The Kier molecular flexibility index (Phi) is 5.95. The molecule has 0 bridgehead atoms. The van der Waals surface area contributed by atoms with E-state index in [1.54, 1.807) is 12.4 Å². The Hall–Kier alpha value is -1.46. The van der Waals surface area contributed by atoms with Crippen LogP contribution >= 0.6 is 0 Å². The molecule has 20 heavy (non-hydrogen) atoms. The van der Waals surface area contributed by atoms with Crippen LogP contribution in [0.5, 0.6) is 0 Å². The van der Waals surface area contributed by atoms with E-state index in [0.29, 0.717) is 19.0 Å². The number of hydrogen-bond acceptors (Lipinski definition) is 4. The van der Waals surface area contributed by atoms with Gasteiger partial charge in [-0.2, -0.15) is 0 Å². The number of nitrogens with one attached hydrogen (secondary N) is 1. The van der Waals surface area contributed by atoms with Crippen molar-refractivity contribution in [3.05, 3.63) is 30.1 Å². The van der Waals surface area contributed by atoms with E-state index in [4.69, 9.17) is 4.74 Å². The third-order valence-electron chi connectivity index (χ3n) is 3.45. The molecule has 1 aliphatic heterocycles.